The third-order valence-electron chi connectivity index (χ3n) is 6.34. The first-order valence-electron chi connectivity index (χ1n) is 12.7. The van der Waals surface area contributed by atoms with Crippen LogP contribution >= 0.6 is 0 Å². The van der Waals surface area contributed by atoms with Crippen molar-refractivity contribution in [3.05, 3.63) is 47.5 Å². The van der Waals surface area contributed by atoms with Crippen LogP contribution in [0.2, 0.25) is 0 Å². The summed E-state index contributed by atoms with van der Waals surface area (Å²) in [5.74, 6) is 0.445. The van der Waals surface area contributed by atoms with Gasteiger partial charge in [0.2, 0.25) is 0 Å². The second-order valence-corrected chi connectivity index (χ2v) is 9.74. The molecule has 3 N–H and O–H groups in total. The van der Waals surface area contributed by atoms with Gasteiger partial charge in [0, 0.05) is 19.2 Å². The molecule has 0 atom stereocenters. The SMILES string of the molecule is CCNC(=O)Oc1noc(-c2cc(CC(C)C)c(O)cc2O)c1-c1ccc(CN2CCCCC2)cc1. The van der Waals surface area contributed by atoms with E-state index >= 15 is 0 Å². The van der Waals surface area contributed by atoms with Gasteiger partial charge in [0.15, 0.2) is 5.76 Å². The molecule has 1 amide bonds. The molecule has 2 heterocycles. The Morgan fingerprint density at radius 2 is 1.83 bits per heavy atom. The molecule has 0 aliphatic carbocycles. The predicted molar refractivity (Wildman–Crippen MR) is 138 cm³/mol. The van der Waals surface area contributed by atoms with Crippen LogP contribution in [0.25, 0.3) is 22.5 Å². The molecule has 8 heteroatoms. The van der Waals surface area contributed by atoms with Gasteiger partial charge in [-0.2, -0.15) is 0 Å². The van der Waals surface area contributed by atoms with E-state index in [9.17, 15) is 15.0 Å². The molecule has 192 valence electrons. The highest BCUT2D eigenvalue weighted by Gasteiger charge is 2.26. The summed E-state index contributed by atoms with van der Waals surface area (Å²) >= 11 is 0. The molecule has 0 spiro atoms. The Hall–Kier alpha value is -3.52. The number of piperidine rings is 1. The summed E-state index contributed by atoms with van der Waals surface area (Å²) in [6, 6.07) is 11.0. The normalized spacial score (nSPS) is 14.2. The van der Waals surface area contributed by atoms with E-state index in [-0.39, 0.29) is 23.1 Å². The number of carbonyl (C=O) groups is 1. The smallest absolute Gasteiger partial charge is 0.414 e. The Kier molecular flexibility index (Phi) is 8.15. The lowest BCUT2D eigenvalue weighted by molar-refractivity contribution is 0.196. The summed E-state index contributed by atoms with van der Waals surface area (Å²) < 4.78 is 11.1. The molecule has 0 unspecified atom stereocenters. The van der Waals surface area contributed by atoms with Gasteiger partial charge in [-0.1, -0.05) is 44.5 Å². The Labute approximate surface area is 211 Å². The van der Waals surface area contributed by atoms with Crippen molar-refractivity contribution in [2.24, 2.45) is 5.92 Å². The summed E-state index contributed by atoms with van der Waals surface area (Å²) in [4.78, 5) is 14.7. The lowest BCUT2D eigenvalue weighted by Gasteiger charge is -2.26. The van der Waals surface area contributed by atoms with Crippen molar-refractivity contribution < 1.29 is 24.3 Å². The molecule has 3 aromatic rings. The van der Waals surface area contributed by atoms with Crippen LogP contribution in [0.5, 0.6) is 17.4 Å². The lowest BCUT2D eigenvalue weighted by atomic mass is 9.95. The molecule has 36 heavy (non-hydrogen) atoms. The van der Waals surface area contributed by atoms with Crippen LogP contribution in [0.4, 0.5) is 4.79 Å². The summed E-state index contributed by atoms with van der Waals surface area (Å²) in [7, 11) is 0. The third kappa shape index (κ3) is 5.99. The van der Waals surface area contributed by atoms with Gasteiger partial charge in [-0.3, -0.25) is 4.90 Å². The Morgan fingerprint density at radius 1 is 1.11 bits per heavy atom. The molecular weight excluding hydrogens is 458 g/mol. The largest absolute Gasteiger partial charge is 0.508 e. The number of aromatic hydroxyl groups is 2. The second-order valence-electron chi connectivity index (χ2n) is 9.74. The van der Waals surface area contributed by atoms with Crippen molar-refractivity contribution >= 4 is 6.09 Å². The van der Waals surface area contributed by atoms with Crippen LogP contribution in [-0.2, 0) is 13.0 Å². The standard InChI is InChI=1S/C28H35N3O5/c1-4-29-28(34)35-27-25(20-10-8-19(9-11-20)17-31-12-6-5-7-13-31)26(36-30-27)22-15-21(14-18(2)3)23(32)16-24(22)33/h8-11,15-16,18,32-33H,4-7,12-14,17H2,1-3H3,(H,29,34). The van der Waals surface area contributed by atoms with Gasteiger partial charge < -0.3 is 24.8 Å². The summed E-state index contributed by atoms with van der Waals surface area (Å²) in [6.07, 6.45) is 3.74. The summed E-state index contributed by atoms with van der Waals surface area (Å²) in [5, 5.41) is 27.7. The fraction of sp³-hybridized carbons (Fsp3) is 0.429. The zero-order chi connectivity index (χ0) is 25.7. The van der Waals surface area contributed by atoms with Crippen molar-refractivity contribution in [1.82, 2.24) is 15.4 Å². The average molecular weight is 494 g/mol. The van der Waals surface area contributed by atoms with Crippen LogP contribution in [0, 0.1) is 5.92 Å². The predicted octanol–water partition coefficient (Wildman–Crippen LogP) is 5.71. The van der Waals surface area contributed by atoms with Gasteiger partial charge in [-0.15, -0.1) is 0 Å². The number of rotatable bonds is 8. The van der Waals surface area contributed by atoms with E-state index in [2.05, 4.69) is 41.4 Å². The molecule has 8 nitrogen and oxygen atoms in total. The monoisotopic (exact) mass is 493 g/mol. The number of hydrogen-bond acceptors (Lipinski definition) is 7. The number of nitrogens with zero attached hydrogens (tertiary/aromatic N) is 2. The molecule has 0 bridgehead atoms. The number of aromatic nitrogens is 1. The molecule has 1 fully saturated rings. The minimum Gasteiger partial charge on any atom is -0.508 e. The highest BCUT2D eigenvalue weighted by atomic mass is 16.6. The molecule has 0 radical (unpaired) electrons. The zero-order valence-electron chi connectivity index (χ0n) is 21.2. The highest BCUT2D eigenvalue weighted by Crippen LogP contribution is 2.44. The number of phenolic OH excluding ortho intramolecular Hbond substituents is 2. The first-order chi connectivity index (χ1) is 17.4. The maximum absolute atomic E-state index is 12.2. The minimum absolute atomic E-state index is 0.0117. The van der Waals surface area contributed by atoms with Crippen molar-refractivity contribution in [3.63, 3.8) is 0 Å². The van der Waals surface area contributed by atoms with E-state index in [0.717, 1.165) is 25.2 Å². The van der Waals surface area contributed by atoms with Crippen LogP contribution in [0.3, 0.4) is 0 Å². The molecule has 1 saturated heterocycles. The highest BCUT2D eigenvalue weighted by molar-refractivity contribution is 5.87. The average Bonchev–Trinajstić information content (AvgIpc) is 3.25. The number of hydrogen-bond donors (Lipinski definition) is 3. The number of nitrogens with one attached hydrogen (secondary N) is 1. The summed E-state index contributed by atoms with van der Waals surface area (Å²) in [5.41, 5.74) is 3.45. The summed E-state index contributed by atoms with van der Waals surface area (Å²) in [6.45, 7) is 9.41. The van der Waals surface area contributed by atoms with Crippen LogP contribution in [0.15, 0.2) is 40.9 Å². The maximum atomic E-state index is 12.2. The quantitative estimate of drug-likeness (QED) is 0.369. The van der Waals surface area contributed by atoms with Gasteiger partial charge >= 0.3 is 6.09 Å². The van der Waals surface area contributed by atoms with Crippen molar-refractivity contribution in [3.8, 4) is 39.8 Å². The van der Waals surface area contributed by atoms with Gasteiger partial charge in [-0.25, -0.2) is 4.79 Å². The van der Waals surface area contributed by atoms with Crippen molar-refractivity contribution in [2.75, 3.05) is 19.6 Å². The number of benzene rings is 2. The molecule has 4 rings (SSSR count). The Balaban J connectivity index is 1.73. The van der Waals surface area contributed by atoms with Gasteiger partial charge in [0.1, 0.15) is 11.5 Å². The number of amides is 1. The van der Waals surface area contributed by atoms with Crippen LogP contribution < -0.4 is 10.1 Å². The first kappa shape index (κ1) is 25.6. The van der Waals surface area contributed by atoms with E-state index in [1.807, 2.05) is 12.1 Å². The van der Waals surface area contributed by atoms with E-state index in [1.165, 1.54) is 30.9 Å². The lowest BCUT2D eigenvalue weighted by Crippen LogP contribution is -2.29. The molecule has 1 aromatic heterocycles. The van der Waals surface area contributed by atoms with Gasteiger partial charge in [0.25, 0.3) is 5.88 Å². The number of carbonyl (C=O) groups excluding carboxylic acids is 1. The third-order valence-corrected chi connectivity index (χ3v) is 6.34. The van der Waals surface area contributed by atoms with E-state index in [1.54, 1.807) is 13.0 Å². The fourth-order valence-electron chi connectivity index (χ4n) is 4.61. The van der Waals surface area contributed by atoms with E-state index < -0.39 is 6.09 Å². The van der Waals surface area contributed by atoms with Gasteiger partial charge in [0.05, 0.1) is 11.1 Å². The van der Waals surface area contributed by atoms with E-state index in [4.69, 9.17) is 9.26 Å². The molecule has 1 aliphatic heterocycles. The molecular formula is C28H35N3O5. The number of likely N-dealkylation sites (tertiary alicyclic amines) is 1. The fourth-order valence-corrected chi connectivity index (χ4v) is 4.61. The Morgan fingerprint density at radius 3 is 2.50 bits per heavy atom. The molecule has 2 aromatic carbocycles. The van der Waals surface area contributed by atoms with Crippen molar-refractivity contribution in [1.29, 1.82) is 0 Å². The van der Waals surface area contributed by atoms with Crippen LogP contribution in [0.1, 0.15) is 51.2 Å². The first-order valence-corrected chi connectivity index (χ1v) is 12.7. The zero-order valence-corrected chi connectivity index (χ0v) is 21.2. The van der Waals surface area contributed by atoms with Crippen molar-refractivity contribution in [2.45, 2.75) is 53.0 Å². The molecule has 1 aliphatic rings. The second kappa shape index (κ2) is 11.5. The molecule has 0 saturated carbocycles. The Bertz CT molecular complexity index is 1180. The number of ether oxygens (including phenoxy) is 1. The van der Waals surface area contributed by atoms with Gasteiger partial charge in [-0.05, 0) is 73.1 Å². The van der Waals surface area contributed by atoms with Crippen LogP contribution in [-0.4, -0.2) is 46.0 Å². The maximum Gasteiger partial charge on any atom is 0.414 e. The minimum atomic E-state index is -0.643. The topological polar surface area (TPSA) is 108 Å². The number of phenols is 2. The van der Waals surface area contributed by atoms with E-state index in [0.29, 0.717) is 35.6 Å².